The number of nitrogens with zero attached hydrogens (tertiary/aromatic N) is 5. The van der Waals surface area contributed by atoms with Crippen molar-refractivity contribution in [1.29, 1.82) is 0 Å². The summed E-state index contributed by atoms with van der Waals surface area (Å²) in [7, 11) is 0. The molecule has 0 radical (unpaired) electrons. The normalized spacial score (nSPS) is 15.6. The SMILES string of the molecule is Nc1ccc(C(=O)N2CCC[C@H](Nc3nccc(-c4c(-c5ccccc5)nn5ccccc45)n3)C2)cc1. The van der Waals surface area contributed by atoms with E-state index in [1.165, 1.54) is 0 Å². The number of piperidine rings is 1. The molecule has 1 aliphatic rings. The highest BCUT2D eigenvalue weighted by Crippen LogP contribution is 2.34. The third-order valence-electron chi connectivity index (χ3n) is 6.70. The number of rotatable bonds is 5. The quantitative estimate of drug-likeness (QED) is 0.345. The number of aromatic nitrogens is 4. The highest BCUT2D eigenvalue weighted by Gasteiger charge is 2.25. The summed E-state index contributed by atoms with van der Waals surface area (Å²) in [5.41, 5.74) is 11.7. The van der Waals surface area contributed by atoms with Crippen molar-refractivity contribution in [2.75, 3.05) is 24.1 Å². The number of pyridine rings is 1. The first-order valence-corrected chi connectivity index (χ1v) is 12.4. The van der Waals surface area contributed by atoms with Gasteiger partial charge in [-0.2, -0.15) is 5.10 Å². The third-order valence-corrected chi connectivity index (χ3v) is 6.70. The molecular weight excluding hydrogens is 462 g/mol. The second-order valence-corrected chi connectivity index (χ2v) is 9.24. The predicted molar refractivity (Wildman–Crippen MR) is 145 cm³/mol. The van der Waals surface area contributed by atoms with E-state index in [-0.39, 0.29) is 11.9 Å². The van der Waals surface area contributed by atoms with Gasteiger partial charge in [0, 0.05) is 48.3 Å². The van der Waals surface area contributed by atoms with Crippen molar-refractivity contribution in [2.24, 2.45) is 0 Å². The van der Waals surface area contributed by atoms with Crippen LogP contribution < -0.4 is 11.1 Å². The third kappa shape index (κ3) is 4.61. The lowest BCUT2D eigenvalue weighted by atomic mass is 10.0. The van der Waals surface area contributed by atoms with Crippen molar-refractivity contribution >= 4 is 23.1 Å². The zero-order valence-electron chi connectivity index (χ0n) is 20.3. The smallest absolute Gasteiger partial charge is 0.253 e. The number of nitrogens with two attached hydrogens (primary N) is 1. The summed E-state index contributed by atoms with van der Waals surface area (Å²) < 4.78 is 1.88. The molecule has 0 aliphatic carbocycles. The molecule has 0 spiro atoms. The number of amides is 1. The maximum Gasteiger partial charge on any atom is 0.253 e. The largest absolute Gasteiger partial charge is 0.399 e. The van der Waals surface area contributed by atoms with E-state index < -0.39 is 0 Å². The first-order valence-electron chi connectivity index (χ1n) is 12.4. The number of anilines is 2. The van der Waals surface area contributed by atoms with Crippen molar-refractivity contribution in [3.05, 3.63) is 96.8 Å². The number of nitrogen functional groups attached to an aromatic ring is 1. The molecule has 1 fully saturated rings. The van der Waals surface area contributed by atoms with Crippen LogP contribution in [-0.2, 0) is 0 Å². The number of carbonyl (C=O) groups is 1. The Bertz CT molecular complexity index is 1550. The van der Waals surface area contributed by atoms with Gasteiger partial charge in [-0.1, -0.05) is 36.4 Å². The van der Waals surface area contributed by atoms with Gasteiger partial charge in [-0.25, -0.2) is 14.5 Å². The highest BCUT2D eigenvalue weighted by molar-refractivity contribution is 5.94. The number of carbonyl (C=O) groups excluding carboxylic acids is 1. The van der Waals surface area contributed by atoms with Crippen LogP contribution in [0.5, 0.6) is 0 Å². The minimum Gasteiger partial charge on any atom is -0.399 e. The van der Waals surface area contributed by atoms with E-state index in [0.29, 0.717) is 23.7 Å². The van der Waals surface area contributed by atoms with E-state index in [4.69, 9.17) is 15.8 Å². The molecule has 3 aromatic heterocycles. The summed E-state index contributed by atoms with van der Waals surface area (Å²) in [6.45, 7) is 1.31. The fourth-order valence-electron chi connectivity index (χ4n) is 4.89. The van der Waals surface area contributed by atoms with Crippen LogP contribution in [0.3, 0.4) is 0 Å². The zero-order chi connectivity index (χ0) is 25.2. The number of nitrogens with one attached hydrogen (secondary N) is 1. The Kier molecular flexibility index (Phi) is 5.98. The average molecular weight is 490 g/mol. The molecular formula is C29H27N7O. The molecule has 2 aromatic carbocycles. The van der Waals surface area contributed by atoms with Crippen LogP contribution >= 0.6 is 0 Å². The summed E-state index contributed by atoms with van der Waals surface area (Å²) in [5.74, 6) is 0.554. The molecule has 0 bridgehead atoms. The summed E-state index contributed by atoms with van der Waals surface area (Å²) >= 11 is 0. The zero-order valence-corrected chi connectivity index (χ0v) is 20.3. The molecule has 8 nitrogen and oxygen atoms in total. The van der Waals surface area contributed by atoms with Crippen molar-refractivity contribution in [2.45, 2.75) is 18.9 Å². The fraction of sp³-hybridized carbons (Fsp3) is 0.172. The van der Waals surface area contributed by atoms with Gasteiger partial charge in [0.2, 0.25) is 5.95 Å². The average Bonchev–Trinajstić information content (AvgIpc) is 3.34. The number of benzene rings is 2. The van der Waals surface area contributed by atoms with E-state index in [2.05, 4.69) is 22.4 Å². The fourth-order valence-corrected chi connectivity index (χ4v) is 4.89. The van der Waals surface area contributed by atoms with Crippen LogP contribution in [0.1, 0.15) is 23.2 Å². The van der Waals surface area contributed by atoms with Crippen LogP contribution in [0.2, 0.25) is 0 Å². The minimum atomic E-state index is 0.0139. The van der Waals surface area contributed by atoms with Gasteiger partial charge in [0.05, 0.1) is 16.8 Å². The topological polar surface area (TPSA) is 101 Å². The molecule has 1 amide bonds. The predicted octanol–water partition coefficient (Wildman–Crippen LogP) is 4.76. The molecule has 8 heteroatoms. The van der Waals surface area contributed by atoms with Crippen LogP contribution in [0.4, 0.5) is 11.6 Å². The number of hydrogen-bond acceptors (Lipinski definition) is 6. The van der Waals surface area contributed by atoms with E-state index in [9.17, 15) is 4.79 Å². The van der Waals surface area contributed by atoms with Gasteiger partial charge in [-0.3, -0.25) is 4.79 Å². The second kappa shape index (κ2) is 9.73. The van der Waals surface area contributed by atoms with Gasteiger partial charge in [-0.05, 0) is 55.3 Å². The molecule has 1 atom stereocenters. The van der Waals surface area contributed by atoms with Gasteiger partial charge in [0.25, 0.3) is 5.91 Å². The Morgan fingerprint density at radius 2 is 1.78 bits per heavy atom. The molecule has 0 unspecified atom stereocenters. The lowest BCUT2D eigenvalue weighted by molar-refractivity contribution is 0.0714. The van der Waals surface area contributed by atoms with Gasteiger partial charge in [0.15, 0.2) is 0 Å². The van der Waals surface area contributed by atoms with Gasteiger partial charge < -0.3 is 16.0 Å². The standard InChI is InChI=1S/C29H27N7O/c30-22-13-11-21(12-14-22)28(37)35-17-6-9-23(19-35)32-29-31-16-15-24(33-29)26-25-10-4-5-18-36(25)34-27(26)20-7-2-1-3-8-20/h1-5,7-8,10-16,18,23H,6,9,17,19,30H2,(H,31,32,33)/t23-/m0/s1. The highest BCUT2D eigenvalue weighted by atomic mass is 16.2. The molecule has 6 rings (SSSR count). The van der Waals surface area contributed by atoms with Gasteiger partial charge in [-0.15, -0.1) is 0 Å². The Balaban J connectivity index is 1.27. The van der Waals surface area contributed by atoms with E-state index in [1.54, 1.807) is 30.5 Å². The Hall–Kier alpha value is -4.72. The van der Waals surface area contributed by atoms with Crippen molar-refractivity contribution < 1.29 is 4.79 Å². The van der Waals surface area contributed by atoms with E-state index >= 15 is 0 Å². The van der Waals surface area contributed by atoms with Crippen LogP contribution in [0.15, 0.2) is 91.3 Å². The summed E-state index contributed by atoms with van der Waals surface area (Å²) in [6.07, 6.45) is 5.56. The number of likely N-dealkylation sites (tertiary alicyclic amines) is 1. The summed E-state index contributed by atoms with van der Waals surface area (Å²) in [5, 5.41) is 8.32. The molecule has 3 N–H and O–H groups in total. The first-order chi connectivity index (χ1) is 18.2. The Morgan fingerprint density at radius 3 is 2.62 bits per heavy atom. The number of hydrogen-bond donors (Lipinski definition) is 2. The first kappa shape index (κ1) is 22.7. The molecule has 184 valence electrons. The monoisotopic (exact) mass is 489 g/mol. The lowest BCUT2D eigenvalue weighted by Crippen LogP contribution is -2.45. The van der Waals surface area contributed by atoms with Gasteiger partial charge in [0.1, 0.15) is 5.69 Å². The van der Waals surface area contributed by atoms with E-state index in [1.807, 2.05) is 58.1 Å². The van der Waals surface area contributed by atoms with Crippen molar-refractivity contribution in [3.8, 4) is 22.5 Å². The Morgan fingerprint density at radius 1 is 0.973 bits per heavy atom. The van der Waals surface area contributed by atoms with Crippen molar-refractivity contribution in [1.82, 2.24) is 24.5 Å². The molecule has 37 heavy (non-hydrogen) atoms. The summed E-state index contributed by atoms with van der Waals surface area (Å²) in [4.78, 5) is 24.3. The minimum absolute atomic E-state index is 0.0139. The molecule has 0 saturated carbocycles. The second-order valence-electron chi connectivity index (χ2n) is 9.24. The van der Waals surface area contributed by atoms with Crippen LogP contribution in [-0.4, -0.2) is 49.5 Å². The summed E-state index contributed by atoms with van der Waals surface area (Å²) in [6, 6.07) is 25.2. The lowest BCUT2D eigenvalue weighted by Gasteiger charge is -2.33. The molecule has 1 saturated heterocycles. The van der Waals surface area contributed by atoms with Crippen LogP contribution in [0, 0.1) is 0 Å². The number of fused-ring (bicyclic) bond motifs is 1. The molecule has 1 aliphatic heterocycles. The molecule has 5 aromatic rings. The van der Waals surface area contributed by atoms with E-state index in [0.717, 1.165) is 47.4 Å². The van der Waals surface area contributed by atoms with Crippen LogP contribution in [0.25, 0.3) is 28.0 Å². The van der Waals surface area contributed by atoms with Gasteiger partial charge >= 0.3 is 0 Å². The molecule has 4 heterocycles. The maximum atomic E-state index is 13.0. The van der Waals surface area contributed by atoms with Crippen molar-refractivity contribution in [3.63, 3.8) is 0 Å². The Labute approximate surface area is 214 Å². The maximum absolute atomic E-state index is 13.0.